The number of hydrogen-bond donors (Lipinski definition) is 2. The van der Waals surface area contributed by atoms with Crippen molar-refractivity contribution in [1.29, 1.82) is 0 Å². The lowest BCUT2D eigenvalue weighted by Gasteiger charge is -2.27. The van der Waals surface area contributed by atoms with Crippen LogP contribution in [-0.4, -0.2) is 9.85 Å². The van der Waals surface area contributed by atoms with Crippen LogP contribution in [0.2, 0.25) is 0 Å². The van der Waals surface area contributed by atoms with E-state index in [0.717, 1.165) is 5.30 Å². The van der Waals surface area contributed by atoms with Crippen molar-refractivity contribution in [3.05, 3.63) is 99.1 Å². The summed E-state index contributed by atoms with van der Waals surface area (Å²) < 4.78 is 0. The third-order valence-electron chi connectivity index (χ3n) is 3.85. The first-order chi connectivity index (χ1) is 13.4. The van der Waals surface area contributed by atoms with E-state index < -0.39 is 16.2 Å². The van der Waals surface area contributed by atoms with E-state index in [0.29, 0.717) is 11.4 Å². The monoisotopic (exact) mass is 414 g/mol. The number of non-ortho nitro benzene ring substituents is 2. The summed E-state index contributed by atoms with van der Waals surface area (Å²) in [6, 6.07) is 21.4. The summed E-state index contributed by atoms with van der Waals surface area (Å²) in [4.78, 5) is 20.8. The number of benzene rings is 3. The van der Waals surface area contributed by atoms with Crippen molar-refractivity contribution < 1.29 is 9.85 Å². The summed E-state index contributed by atoms with van der Waals surface area (Å²) in [5, 5.41) is 29.1. The second-order valence-electron chi connectivity index (χ2n) is 5.78. The number of nitro benzene ring substituents is 2. The first kappa shape index (κ1) is 19.5. The van der Waals surface area contributed by atoms with Crippen molar-refractivity contribution in [3.8, 4) is 0 Å². The summed E-state index contributed by atoms with van der Waals surface area (Å²) in [6.07, 6.45) is -2.60. The van der Waals surface area contributed by atoms with Gasteiger partial charge in [0.05, 0.1) is 9.85 Å². The van der Waals surface area contributed by atoms with Crippen LogP contribution in [0.4, 0.5) is 22.7 Å². The molecule has 0 aliphatic carbocycles. The topological polar surface area (TPSA) is 110 Å². The summed E-state index contributed by atoms with van der Waals surface area (Å²) in [5.41, 5.74) is 1.24. The Morgan fingerprint density at radius 1 is 0.679 bits per heavy atom. The van der Waals surface area contributed by atoms with Gasteiger partial charge in [0.25, 0.3) is 11.4 Å². The van der Waals surface area contributed by atoms with Crippen LogP contribution >= 0.6 is 6.34 Å². The van der Waals surface area contributed by atoms with E-state index in [9.17, 15) is 20.2 Å². The molecule has 0 spiro atoms. The highest BCUT2D eigenvalue weighted by molar-refractivity contribution is 8.19. The van der Waals surface area contributed by atoms with Gasteiger partial charge >= 0.3 is 0 Å². The van der Waals surface area contributed by atoms with Crippen molar-refractivity contribution in [2.45, 2.75) is 0 Å². The maximum atomic E-state index is 10.8. The third-order valence-corrected chi connectivity index (χ3v) is 7.20. The Hall–Kier alpha value is -3.29. The van der Waals surface area contributed by atoms with Crippen LogP contribution in [-0.2, 0) is 11.8 Å². The second-order valence-corrected chi connectivity index (χ2v) is 9.60. The molecule has 3 aromatic rings. The molecule has 0 fully saturated rings. The molecular formula is C18H15N4O4PS. The number of nitrogens with one attached hydrogen (secondary N) is 2. The van der Waals surface area contributed by atoms with E-state index in [-0.39, 0.29) is 11.4 Å². The Morgan fingerprint density at radius 2 is 1.07 bits per heavy atom. The lowest BCUT2D eigenvalue weighted by Crippen LogP contribution is -2.17. The molecule has 0 saturated heterocycles. The Bertz CT molecular complexity index is 980. The van der Waals surface area contributed by atoms with Gasteiger partial charge in [-0.25, -0.2) is 0 Å². The number of nitro groups is 2. The predicted molar refractivity (Wildman–Crippen MR) is 114 cm³/mol. The third kappa shape index (κ3) is 4.51. The molecule has 0 unspecified atom stereocenters. The lowest BCUT2D eigenvalue weighted by atomic mass is 10.3. The average Bonchev–Trinajstić information content (AvgIpc) is 2.69. The zero-order valence-electron chi connectivity index (χ0n) is 14.4. The van der Waals surface area contributed by atoms with Crippen LogP contribution in [0, 0.1) is 20.2 Å². The van der Waals surface area contributed by atoms with Gasteiger partial charge in [0.1, 0.15) is 6.34 Å². The number of hydrogen-bond acceptors (Lipinski definition) is 5. The van der Waals surface area contributed by atoms with E-state index in [1.807, 2.05) is 30.3 Å². The molecule has 8 nitrogen and oxygen atoms in total. The minimum absolute atomic E-state index is 0.0121. The van der Waals surface area contributed by atoms with Crippen molar-refractivity contribution in [2.24, 2.45) is 0 Å². The fourth-order valence-electron chi connectivity index (χ4n) is 2.47. The van der Waals surface area contributed by atoms with Gasteiger partial charge in [-0.15, -0.1) is 0 Å². The molecule has 0 aliphatic heterocycles. The Balaban J connectivity index is 1.92. The Morgan fingerprint density at radius 3 is 1.43 bits per heavy atom. The number of rotatable bonds is 7. The van der Waals surface area contributed by atoms with Gasteiger partial charge in [-0.05, 0) is 36.1 Å². The molecule has 0 aliphatic rings. The average molecular weight is 414 g/mol. The van der Waals surface area contributed by atoms with Gasteiger partial charge in [-0.2, -0.15) is 0 Å². The molecule has 3 rings (SSSR count). The van der Waals surface area contributed by atoms with E-state index in [1.165, 1.54) is 24.3 Å². The maximum Gasteiger partial charge on any atom is 0.269 e. The van der Waals surface area contributed by atoms with Gasteiger partial charge in [-0.1, -0.05) is 30.3 Å². The molecule has 0 bridgehead atoms. The molecule has 0 aromatic heterocycles. The van der Waals surface area contributed by atoms with Crippen molar-refractivity contribution in [3.63, 3.8) is 0 Å². The fraction of sp³-hybridized carbons (Fsp3) is 0. The molecule has 0 heterocycles. The minimum Gasteiger partial charge on any atom is -0.339 e. The smallest absolute Gasteiger partial charge is 0.269 e. The molecule has 3 aromatic carbocycles. The molecular weight excluding hydrogens is 399 g/mol. The van der Waals surface area contributed by atoms with Crippen LogP contribution in [0.3, 0.4) is 0 Å². The fourth-order valence-corrected chi connectivity index (χ4v) is 5.40. The van der Waals surface area contributed by atoms with Gasteiger partial charge in [0.2, 0.25) is 0 Å². The van der Waals surface area contributed by atoms with Crippen molar-refractivity contribution in [2.75, 3.05) is 10.2 Å². The zero-order chi connectivity index (χ0) is 20.1. The number of nitrogens with zero attached hydrogens (tertiary/aromatic N) is 2. The molecule has 0 atom stereocenters. The molecule has 2 N–H and O–H groups in total. The highest BCUT2D eigenvalue weighted by Gasteiger charge is 2.20. The minimum atomic E-state index is -2.60. The standard InChI is InChI=1S/C18H15N4O4PS/c23-21(24)16-10-6-14(7-11-16)19-27(28,18-4-2-1-3-5-18)20-15-8-12-17(13-9-15)22(25)26/h1-13H,(H2,19,20,28). The van der Waals surface area contributed by atoms with Crippen molar-refractivity contribution >= 4 is 46.2 Å². The zero-order valence-corrected chi connectivity index (χ0v) is 16.1. The quantitative estimate of drug-likeness (QED) is 0.329. The molecule has 28 heavy (non-hydrogen) atoms. The molecule has 0 amide bonds. The van der Waals surface area contributed by atoms with Crippen LogP contribution in [0.5, 0.6) is 0 Å². The van der Waals surface area contributed by atoms with Gasteiger partial charge in [0.15, 0.2) is 0 Å². The van der Waals surface area contributed by atoms with Crippen LogP contribution < -0.4 is 15.5 Å². The Labute approximate surface area is 165 Å². The molecule has 142 valence electrons. The highest BCUT2D eigenvalue weighted by Crippen LogP contribution is 2.45. The van der Waals surface area contributed by atoms with Crippen molar-refractivity contribution in [1.82, 2.24) is 0 Å². The molecule has 0 saturated carbocycles. The number of anilines is 2. The van der Waals surface area contributed by atoms with Crippen LogP contribution in [0.25, 0.3) is 0 Å². The molecule has 0 radical (unpaired) electrons. The van der Waals surface area contributed by atoms with Gasteiger partial charge in [0, 0.05) is 40.9 Å². The normalized spacial score (nSPS) is 10.9. The SMILES string of the molecule is O=[N+]([O-])c1ccc(NP(=S)(Nc2ccc([N+](=O)[O-])cc2)c2ccccc2)cc1. The lowest BCUT2D eigenvalue weighted by molar-refractivity contribution is -0.385. The summed E-state index contributed by atoms with van der Waals surface area (Å²) in [6.45, 7) is 0. The van der Waals surface area contributed by atoms with Crippen LogP contribution in [0.1, 0.15) is 0 Å². The first-order valence-corrected chi connectivity index (χ1v) is 10.9. The Kier molecular flexibility index (Phi) is 5.67. The van der Waals surface area contributed by atoms with E-state index in [4.69, 9.17) is 11.8 Å². The predicted octanol–water partition coefficient (Wildman–Crippen LogP) is 4.66. The summed E-state index contributed by atoms with van der Waals surface area (Å²) in [5.74, 6) is 0. The summed E-state index contributed by atoms with van der Waals surface area (Å²) >= 11 is 5.92. The van der Waals surface area contributed by atoms with Crippen LogP contribution in [0.15, 0.2) is 78.9 Å². The van der Waals surface area contributed by atoms with E-state index >= 15 is 0 Å². The van der Waals surface area contributed by atoms with Gasteiger partial charge in [-0.3, -0.25) is 20.2 Å². The van der Waals surface area contributed by atoms with E-state index in [1.54, 1.807) is 24.3 Å². The van der Waals surface area contributed by atoms with Gasteiger partial charge < -0.3 is 10.2 Å². The molecule has 10 heteroatoms. The van der Waals surface area contributed by atoms with E-state index in [2.05, 4.69) is 10.2 Å². The first-order valence-electron chi connectivity index (χ1n) is 8.08. The summed E-state index contributed by atoms with van der Waals surface area (Å²) in [7, 11) is 0. The largest absolute Gasteiger partial charge is 0.339 e. The second kappa shape index (κ2) is 8.16. The maximum absolute atomic E-state index is 10.8. The highest BCUT2D eigenvalue weighted by atomic mass is 32.4.